The van der Waals surface area contributed by atoms with E-state index < -0.39 is 5.92 Å². The molecule has 0 radical (unpaired) electrons. The highest BCUT2D eigenvalue weighted by molar-refractivity contribution is 7.10. The Morgan fingerprint density at radius 3 is 2.56 bits per heavy atom. The van der Waals surface area contributed by atoms with Crippen LogP contribution in [0.1, 0.15) is 70.2 Å². The van der Waals surface area contributed by atoms with E-state index in [1.54, 1.807) is 11.3 Å². The molecule has 0 unspecified atom stereocenters. The molecular weight excluding hydrogens is 432 g/mol. The van der Waals surface area contributed by atoms with E-state index in [0.29, 0.717) is 30.1 Å². The average molecular weight is 466 g/mol. The summed E-state index contributed by atoms with van der Waals surface area (Å²) in [4.78, 5) is 30.8. The zero-order valence-electron chi connectivity index (χ0n) is 19.5. The number of H-pyrrole nitrogens is 1. The summed E-state index contributed by atoms with van der Waals surface area (Å²) >= 11 is 1.58. The van der Waals surface area contributed by atoms with E-state index in [9.17, 15) is 18.4 Å². The number of nitrogens with one attached hydrogen (secondary N) is 2. The molecule has 0 aliphatic carbocycles. The zero-order valence-corrected chi connectivity index (χ0v) is 20.3. The summed E-state index contributed by atoms with van der Waals surface area (Å²) in [7, 11) is 0. The lowest BCUT2D eigenvalue weighted by atomic mass is 9.83. The molecule has 2 N–H and O–H groups in total. The standard InChI is InChI=1S/C24H33F2N3O2S/c1-14-10-15(2)28-23(31)19(14)11-27-22(30)20-12-32-21(17(20)4)16(3)18-6-8-29(9-7-18)13-24(5,25)26/h10,12,16,18H,6-9,11,13H2,1-5H3,(H,27,30)(H,28,31)/t16-/m1/s1. The molecule has 0 bridgehead atoms. The Bertz CT molecular complexity index is 1020. The van der Waals surface area contributed by atoms with Crippen LogP contribution in [0.3, 0.4) is 0 Å². The van der Waals surface area contributed by atoms with Crippen LogP contribution in [0, 0.1) is 26.7 Å². The van der Waals surface area contributed by atoms with Crippen molar-refractivity contribution in [2.45, 2.75) is 65.8 Å². The lowest BCUT2D eigenvalue weighted by Gasteiger charge is -2.35. The highest BCUT2D eigenvalue weighted by Gasteiger charge is 2.31. The van der Waals surface area contributed by atoms with Crippen molar-refractivity contribution < 1.29 is 13.6 Å². The molecule has 2 aromatic heterocycles. The first kappa shape index (κ1) is 24.6. The van der Waals surface area contributed by atoms with Crippen molar-refractivity contribution in [2.24, 2.45) is 5.92 Å². The molecule has 8 heteroatoms. The summed E-state index contributed by atoms with van der Waals surface area (Å²) in [5.74, 6) is -2.16. The van der Waals surface area contributed by atoms with Crippen molar-refractivity contribution in [3.63, 3.8) is 0 Å². The van der Waals surface area contributed by atoms with Gasteiger partial charge in [0.15, 0.2) is 0 Å². The third kappa shape index (κ3) is 5.84. The Hall–Kier alpha value is -2.06. The number of halogens is 2. The first-order valence-corrected chi connectivity index (χ1v) is 12.0. The third-order valence-electron chi connectivity index (χ3n) is 6.50. The lowest BCUT2D eigenvalue weighted by Crippen LogP contribution is -2.41. The summed E-state index contributed by atoms with van der Waals surface area (Å²) < 4.78 is 26.6. The quantitative estimate of drug-likeness (QED) is 0.620. The monoisotopic (exact) mass is 465 g/mol. The van der Waals surface area contributed by atoms with E-state index in [0.717, 1.165) is 36.6 Å². The number of aromatic amines is 1. The van der Waals surface area contributed by atoms with Gasteiger partial charge < -0.3 is 10.3 Å². The summed E-state index contributed by atoms with van der Waals surface area (Å²) in [6, 6.07) is 1.89. The number of aryl methyl sites for hydroxylation is 2. The molecule has 3 heterocycles. The fraction of sp³-hybridized carbons (Fsp3) is 0.583. The molecule has 1 amide bonds. The second-order valence-electron chi connectivity index (χ2n) is 9.24. The van der Waals surface area contributed by atoms with Crippen molar-refractivity contribution in [2.75, 3.05) is 19.6 Å². The number of hydrogen-bond donors (Lipinski definition) is 2. The largest absolute Gasteiger partial charge is 0.348 e. The van der Waals surface area contributed by atoms with Gasteiger partial charge in [-0.2, -0.15) is 0 Å². The minimum Gasteiger partial charge on any atom is -0.348 e. The number of thiophene rings is 1. The summed E-state index contributed by atoms with van der Waals surface area (Å²) in [5.41, 5.74) is 3.65. The Kier molecular flexibility index (Phi) is 7.55. The molecule has 1 fully saturated rings. The number of nitrogens with zero attached hydrogens (tertiary/aromatic N) is 1. The molecule has 1 aliphatic heterocycles. The molecule has 1 aliphatic rings. The van der Waals surface area contributed by atoms with Crippen LogP contribution in [0.5, 0.6) is 0 Å². The highest BCUT2D eigenvalue weighted by Crippen LogP contribution is 2.38. The maximum absolute atomic E-state index is 13.3. The van der Waals surface area contributed by atoms with Gasteiger partial charge in [-0.15, -0.1) is 11.3 Å². The molecule has 0 aromatic carbocycles. The first-order valence-electron chi connectivity index (χ1n) is 11.1. The number of carbonyl (C=O) groups excluding carboxylic acids is 1. The van der Waals surface area contributed by atoms with Gasteiger partial charge in [0.2, 0.25) is 0 Å². The topological polar surface area (TPSA) is 65.2 Å². The normalized spacial score (nSPS) is 16.8. The van der Waals surface area contributed by atoms with Crippen LogP contribution in [0.25, 0.3) is 0 Å². The van der Waals surface area contributed by atoms with Gasteiger partial charge >= 0.3 is 0 Å². The van der Waals surface area contributed by atoms with Crippen LogP contribution in [-0.4, -0.2) is 41.3 Å². The molecule has 3 rings (SSSR count). The Morgan fingerprint density at radius 2 is 1.97 bits per heavy atom. The molecule has 0 saturated carbocycles. The van der Waals surface area contributed by atoms with Gasteiger partial charge in [0.1, 0.15) is 0 Å². The number of amides is 1. The number of likely N-dealkylation sites (tertiary alicyclic amines) is 1. The van der Waals surface area contributed by atoms with E-state index in [2.05, 4.69) is 17.2 Å². The van der Waals surface area contributed by atoms with Crippen molar-refractivity contribution in [1.82, 2.24) is 15.2 Å². The SMILES string of the molecule is Cc1cc(C)c(CNC(=O)c2csc([C@H](C)C3CCN(CC(C)(F)F)CC3)c2C)c(=O)[nH]1. The molecule has 0 spiro atoms. The van der Waals surface area contributed by atoms with E-state index in [-0.39, 0.29) is 30.5 Å². The molecular formula is C24H33F2N3O2S. The van der Waals surface area contributed by atoms with Gasteiger partial charge in [0.05, 0.1) is 12.1 Å². The first-order chi connectivity index (χ1) is 15.0. The van der Waals surface area contributed by atoms with Gasteiger partial charge in [0, 0.05) is 35.0 Å². The number of hydrogen-bond acceptors (Lipinski definition) is 4. The predicted molar refractivity (Wildman–Crippen MR) is 125 cm³/mol. The van der Waals surface area contributed by atoms with E-state index >= 15 is 0 Å². The highest BCUT2D eigenvalue weighted by atomic mass is 32.1. The molecule has 5 nitrogen and oxygen atoms in total. The summed E-state index contributed by atoms with van der Waals surface area (Å²) in [6.45, 7) is 10.2. The molecule has 1 atom stereocenters. The number of pyridine rings is 1. The van der Waals surface area contributed by atoms with Crippen molar-refractivity contribution in [3.05, 3.63) is 54.6 Å². The lowest BCUT2D eigenvalue weighted by molar-refractivity contribution is -0.0230. The Labute approximate surface area is 192 Å². The van der Waals surface area contributed by atoms with Crippen LogP contribution in [0.2, 0.25) is 0 Å². The van der Waals surface area contributed by atoms with E-state index in [1.807, 2.05) is 37.1 Å². The number of carbonyl (C=O) groups is 1. The number of aromatic nitrogens is 1. The fourth-order valence-electron chi connectivity index (χ4n) is 4.69. The second kappa shape index (κ2) is 9.83. The molecule has 176 valence electrons. The van der Waals surface area contributed by atoms with Gasteiger partial charge in [-0.3, -0.25) is 14.5 Å². The van der Waals surface area contributed by atoms with E-state index in [1.165, 1.54) is 4.88 Å². The van der Waals surface area contributed by atoms with Crippen LogP contribution >= 0.6 is 11.3 Å². The molecule has 1 saturated heterocycles. The Balaban J connectivity index is 1.62. The van der Waals surface area contributed by atoms with Crippen molar-refractivity contribution >= 4 is 17.2 Å². The number of rotatable bonds is 7. The van der Waals surface area contributed by atoms with Crippen LogP contribution in [0.4, 0.5) is 8.78 Å². The van der Waals surface area contributed by atoms with Gasteiger partial charge in [-0.1, -0.05) is 6.92 Å². The number of alkyl halides is 2. The van der Waals surface area contributed by atoms with Crippen LogP contribution < -0.4 is 10.9 Å². The maximum Gasteiger partial charge on any atom is 0.257 e. The van der Waals surface area contributed by atoms with Crippen LogP contribution in [-0.2, 0) is 6.54 Å². The van der Waals surface area contributed by atoms with Gasteiger partial charge in [0.25, 0.3) is 17.4 Å². The molecule has 2 aromatic rings. The summed E-state index contributed by atoms with van der Waals surface area (Å²) in [5, 5.41) is 4.77. The zero-order chi connectivity index (χ0) is 23.6. The minimum absolute atomic E-state index is 0.175. The Morgan fingerprint density at radius 1 is 1.31 bits per heavy atom. The third-order valence-corrected chi connectivity index (χ3v) is 7.78. The molecule has 32 heavy (non-hydrogen) atoms. The maximum atomic E-state index is 13.3. The fourth-order valence-corrected chi connectivity index (χ4v) is 5.91. The van der Waals surface area contributed by atoms with Crippen molar-refractivity contribution in [1.29, 1.82) is 0 Å². The second-order valence-corrected chi connectivity index (χ2v) is 10.1. The smallest absolute Gasteiger partial charge is 0.257 e. The average Bonchev–Trinajstić information content (AvgIpc) is 3.07. The number of piperidine rings is 1. The van der Waals surface area contributed by atoms with Gasteiger partial charge in [-0.25, -0.2) is 8.78 Å². The van der Waals surface area contributed by atoms with Gasteiger partial charge in [-0.05, 0) is 75.7 Å². The van der Waals surface area contributed by atoms with Crippen molar-refractivity contribution in [3.8, 4) is 0 Å². The predicted octanol–water partition coefficient (Wildman–Crippen LogP) is 4.76. The minimum atomic E-state index is -2.66. The van der Waals surface area contributed by atoms with E-state index in [4.69, 9.17) is 0 Å². The summed E-state index contributed by atoms with van der Waals surface area (Å²) in [6.07, 6.45) is 1.76. The van der Waals surface area contributed by atoms with Crippen LogP contribution in [0.15, 0.2) is 16.2 Å².